The van der Waals surface area contributed by atoms with E-state index >= 15 is 0 Å². The van der Waals surface area contributed by atoms with Gasteiger partial charge >= 0.3 is 6.16 Å². The highest BCUT2D eigenvalue weighted by Crippen LogP contribution is 2.24. The average Bonchev–Trinajstić information content (AvgIpc) is 2.57. The fourth-order valence-corrected chi connectivity index (χ4v) is 2.33. The minimum atomic E-state index is -0.679. The number of benzene rings is 1. The van der Waals surface area contributed by atoms with Gasteiger partial charge < -0.3 is 18.9 Å². The van der Waals surface area contributed by atoms with Crippen molar-refractivity contribution in [2.24, 2.45) is 0 Å². The summed E-state index contributed by atoms with van der Waals surface area (Å²) >= 11 is 0. The first-order valence-electron chi connectivity index (χ1n) is 7.57. The van der Waals surface area contributed by atoms with E-state index in [9.17, 15) is 4.79 Å². The summed E-state index contributed by atoms with van der Waals surface area (Å²) in [6.45, 7) is 4.79. The van der Waals surface area contributed by atoms with E-state index in [1.54, 1.807) is 7.11 Å². The van der Waals surface area contributed by atoms with Crippen molar-refractivity contribution in [2.75, 3.05) is 40.5 Å². The molecule has 0 aliphatic carbocycles. The van der Waals surface area contributed by atoms with E-state index in [2.05, 4.69) is 9.64 Å². The molecule has 6 heteroatoms. The van der Waals surface area contributed by atoms with Crippen LogP contribution in [0, 0.1) is 6.92 Å². The van der Waals surface area contributed by atoms with Gasteiger partial charge in [-0.1, -0.05) is 6.07 Å². The van der Waals surface area contributed by atoms with E-state index in [-0.39, 0.29) is 0 Å². The number of nitrogens with zero attached hydrogens (tertiary/aromatic N) is 1. The number of carbonyl (C=O) groups is 1. The van der Waals surface area contributed by atoms with E-state index in [4.69, 9.17) is 14.2 Å². The molecule has 6 nitrogen and oxygen atoms in total. The molecule has 0 unspecified atom stereocenters. The zero-order valence-electron chi connectivity index (χ0n) is 13.8. The van der Waals surface area contributed by atoms with Gasteiger partial charge in [0.1, 0.15) is 23.9 Å². The number of ether oxygens (including phenoxy) is 4. The highest BCUT2D eigenvalue weighted by molar-refractivity contribution is 5.61. The fraction of sp³-hybridized carbons (Fsp3) is 0.471. The van der Waals surface area contributed by atoms with Gasteiger partial charge in [-0.05, 0) is 31.1 Å². The van der Waals surface area contributed by atoms with Gasteiger partial charge in [-0.3, -0.25) is 4.90 Å². The molecule has 1 aromatic rings. The van der Waals surface area contributed by atoms with Crippen molar-refractivity contribution in [3.05, 3.63) is 35.6 Å². The molecule has 0 saturated heterocycles. The molecule has 0 saturated carbocycles. The third-order valence-corrected chi connectivity index (χ3v) is 3.64. The summed E-state index contributed by atoms with van der Waals surface area (Å²) in [5.41, 5.74) is 1.07. The lowest BCUT2D eigenvalue weighted by Crippen LogP contribution is -2.34. The number of methoxy groups -OCH3 is 2. The van der Waals surface area contributed by atoms with Crippen LogP contribution in [0.5, 0.6) is 11.5 Å². The third-order valence-electron chi connectivity index (χ3n) is 3.64. The summed E-state index contributed by atoms with van der Waals surface area (Å²) in [7, 11) is 2.94. The maximum absolute atomic E-state index is 11.1. The van der Waals surface area contributed by atoms with Gasteiger partial charge in [0.2, 0.25) is 0 Å². The van der Waals surface area contributed by atoms with Gasteiger partial charge in [0, 0.05) is 19.2 Å². The van der Waals surface area contributed by atoms with E-state index < -0.39 is 6.16 Å². The Balaban J connectivity index is 1.80. The molecule has 0 amide bonds. The van der Waals surface area contributed by atoms with Crippen LogP contribution < -0.4 is 9.47 Å². The van der Waals surface area contributed by atoms with E-state index in [1.807, 2.05) is 31.2 Å². The number of aryl methyl sites for hydroxylation is 1. The number of hydrogen-bond donors (Lipinski definition) is 0. The summed E-state index contributed by atoms with van der Waals surface area (Å²) in [6.07, 6.45) is 2.08. The Morgan fingerprint density at radius 3 is 2.87 bits per heavy atom. The van der Waals surface area contributed by atoms with Crippen LogP contribution in [-0.4, -0.2) is 51.5 Å². The molecule has 1 heterocycles. The van der Waals surface area contributed by atoms with Crippen molar-refractivity contribution < 1.29 is 23.7 Å². The molecule has 2 rings (SSSR count). The molecule has 0 atom stereocenters. The minimum Gasteiger partial charge on any atom is -0.497 e. The summed E-state index contributed by atoms with van der Waals surface area (Å²) in [5, 5.41) is 0. The van der Waals surface area contributed by atoms with Crippen LogP contribution in [0.2, 0.25) is 0 Å². The van der Waals surface area contributed by atoms with E-state index in [0.29, 0.717) is 18.9 Å². The smallest absolute Gasteiger partial charge is 0.497 e. The number of carbonyl (C=O) groups excluding carboxylic acids is 1. The second-order valence-corrected chi connectivity index (χ2v) is 5.27. The van der Waals surface area contributed by atoms with E-state index in [0.717, 1.165) is 36.6 Å². The van der Waals surface area contributed by atoms with Gasteiger partial charge in [0.25, 0.3) is 0 Å². The van der Waals surface area contributed by atoms with Gasteiger partial charge in [-0.25, -0.2) is 4.79 Å². The van der Waals surface area contributed by atoms with E-state index in [1.165, 1.54) is 7.11 Å². The topological polar surface area (TPSA) is 57.2 Å². The Morgan fingerprint density at radius 1 is 1.30 bits per heavy atom. The van der Waals surface area contributed by atoms with Crippen LogP contribution >= 0.6 is 0 Å². The summed E-state index contributed by atoms with van der Waals surface area (Å²) in [4.78, 5) is 13.3. The van der Waals surface area contributed by atoms with Crippen LogP contribution in [0.25, 0.3) is 0 Å². The molecule has 0 aromatic heterocycles. The summed E-state index contributed by atoms with van der Waals surface area (Å²) < 4.78 is 20.6. The molecule has 1 aromatic carbocycles. The Morgan fingerprint density at radius 2 is 2.13 bits per heavy atom. The maximum atomic E-state index is 11.1. The third kappa shape index (κ3) is 5.17. The molecular weight excluding hydrogens is 298 g/mol. The summed E-state index contributed by atoms with van der Waals surface area (Å²) in [5.74, 6) is 2.23. The van der Waals surface area contributed by atoms with Crippen LogP contribution in [0.3, 0.4) is 0 Å². The SMILES string of the molecule is COC(=O)OC1=CCCN(CCOc2cc(OC)ccc2C)C1. The predicted octanol–water partition coefficient (Wildman–Crippen LogP) is 2.76. The Bertz CT molecular complexity index is 570. The Kier molecular flexibility index (Phi) is 6.29. The normalized spacial score (nSPS) is 14.8. The second kappa shape index (κ2) is 8.43. The number of hydrogen-bond acceptors (Lipinski definition) is 6. The minimum absolute atomic E-state index is 0.555. The molecule has 0 N–H and O–H groups in total. The van der Waals surface area contributed by atoms with Crippen molar-refractivity contribution >= 4 is 6.16 Å². The molecule has 1 aliphatic heterocycles. The molecule has 0 spiro atoms. The van der Waals surface area contributed by atoms with Crippen molar-refractivity contribution in [1.82, 2.24) is 4.90 Å². The van der Waals surface area contributed by atoms with Crippen molar-refractivity contribution in [3.63, 3.8) is 0 Å². The first-order valence-corrected chi connectivity index (χ1v) is 7.57. The maximum Gasteiger partial charge on any atom is 0.513 e. The molecular formula is C17H23NO5. The predicted molar refractivity (Wildman–Crippen MR) is 85.9 cm³/mol. The van der Waals surface area contributed by atoms with Crippen LogP contribution in [0.1, 0.15) is 12.0 Å². The Hall–Kier alpha value is -2.21. The summed E-state index contributed by atoms with van der Waals surface area (Å²) in [6, 6.07) is 5.77. The van der Waals surface area contributed by atoms with Crippen molar-refractivity contribution in [1.29, 1.82) is 0 Å². The molecule has 126 valence electrons. The Labute approximate surface area is 136 Å². The van der Waals surface area contributed by atoms with Crippen molar-refractivity contribution in [3.8, 4) is 11.5 Å². The standard InChI is InChI=1S/C17H23NO5/c1-13-6-7-14(20-2)11-16(13)22-10-9-18-8-4-5-15(12-18)23-17(19)21-3/h5-7,11H,4,8-10,12H2,1-3H3. The van der Waals surface area contributed by atoms with Crippen molar-refractivity contribution in [2.45, 2.75) is 13.3 Å². The largest absolute Gasteiger partial charge is 0.513 e. The van der Waals surface area contributed by atoms with Gasteiger partial charge in [-0.2, -0.15) is 0 Å². The first-order chi connectivity index (χ1) is 11.1. The lowest BCUT2D eigenvalue weighted by Gasteiger charge is -2.26. The highest BCUT2D eigenvalue weighted by Gasteiger charge is 2.16. The first kappa shape index (κ1) is 17.1. The second-order valence-electron chi connectivity index (χ2n) is 5.27. The quantitative estimate of drug-likeness (QED) is 0.751. The van der Waals surface area contributed by atoms with Crippen LogP contribution in [0.4, 0.5) is 4.79 Å². The molecule has 0 fully saturated rings. The fourth-order valence-electron chi connectivity index (χ4n) is 2.33. The van der Waals surface area contributed by atoms with Gasteiger partial charge in [0.05, 0.1) is 20.8 Å². The molecule has 0 radical (unpaired) electrons. The van der Waals surface area contributed by atoms with Gasteiger partial charge in [0.15, 0.2) is 0 Å². The average molecular weight is 321 g/mol. The monoisotopic (exact) mass is 321 g/mol. The highest BCUT2D eigenvalue weighted by atomic mass is 16.7. The van der Waals surface area contributed by atoms with Gasteiger partial charge in [-0.15, -0.1) is 0 Å². The zero-order chi connectivity index (χ0) is 16.7. The zero-order valence-corrected chi connectivity index (χ0v) is 13.8. The van der Waals surface area contributed by atoms with Crippen LogP contribution in [-0.2, 0) is 9.47 Å². The lowest BCUT2D eigenvalue weighted by atomic mass is 10.2. The lowest BCUT2D eigenvalue weighted by molar-refractivity contribution is 0.0858. The molecule has 1 aliphatic rings. The number of rotatable bonds is 6. The molecule has 0 bridgehead atoms. The molecule has 23 heavy (non-hydrogen) atoms. The van der Waals surface area contributed by atoms with Crippen LogP contribution in [0.15, 0.2) is 30.0 Å².